The van der Waals surface area contributed by atoms with Crippen LogP contribution in [0.5, 0.6) is 0 Å². The van der Waals surface area contributed by atoms with Crippen LogP contribution in [0.1, 0.15) is 19.8 Å². The third kappa shape index (κ3) is 4.20. The van der Waals surface area contributed by atoms with Crippen molar-refractivity contribution in [2.24, 2.45) is 5.92 Å². The fourth-order valence-corrected chi connectivity index (χ4v) is 4.85. The number of benzene rings is 1. The Morgan fingerprint density at radius 1 is 1.31 bits per heavy atom. The van der Waals surface area contributed by atoms with Crippen LogP contribution in [0.2, 0.25) is 0 Å². The summed E-state index contributed by atoms with van der Waals surface area (Å²) in [5.41, 5.74) is 0.321. The van der Waals surface area contributed by atoms with Crippen LogP contribution in [-0.4, -0.2) is 56.0 Å². The lowest BCUT2D eigenvalue weighted by Crippen LogP contribution is -2.42. The molecular formula is C18H22N2O8S. The van der Waals surface area contributed by atoms with Crippen molar-refractivity contribution in [1.82, 2.24) is 8.87 Å². The lowest BCUT2D eigenvalue weighted by molar-refractivity contribution is -0.149. The Labute approximate surface area is 167 Å². The van der Waals surface area contributed by atoms with E-state index in [0.29, 0.717) is 12.8 Å². The minimum absolute atomic E-state index is 0.0342. The van der Waals surface area contributed by atoms with Gasteiger partial charge in [-0.1, -0.05) is 0 Å². The summed E-state index contributed by atoms with van der Waals surface area (Å²) in [5.74, 6) is -2.35. The third-order valence-electron chi connectivity index (χ3n) is 4.80. The highest BCUT2D eigenvalue weighted by molar-refractivity contribution is 7.89. The van der Waals surface area contributed by atoms with E-state index in [1.54, 1.807) is 6.92 Å². The van der Waals surface area contributed by atoms with Gasteiger partial charge in [0, 0.05) is 19.2 Å². The number of aromatic nitrogens is 1. The van der Waals surface area contributed by atoms with Crippen LogP contribution in [-0.2, 0) is 35.6 Å². The third-order valence-corrected chi connectivity index (χ3v) is 6.66. The van der Waals surface area contributed by atoms with Crippen LogP contribution in [0.15, 0.2) is 32.3 Å². The van der Waals surface area contributed by atoms with Crippen LogP contribution >= 0.6 is 0 Å². The zero-order chi connectivity index (χ0) is 21.2. The molecule has 2 aromatic rings. The van der Waals surface area contributed by atoms with Crippen molar-refractivity contribution in [3.05, 3.63) is 28.7 Å². The fraction of sp³-hybridized carbons (Fsp3) is 0.500. The first kappa shape index (κ1) is 21.1. The first-order chi connectivity index (χ1) is 13.8. The van der Waals surface area contributed by atoms with E-state index < -0.39 is 33.6 Å². The Balaban J connectivity index is 1.90. The molecule has 1 fully saturated rings. The molecule has 0 radical (unpaired) electrons. The average Bonchev–Trinajstić information content (AvgIpc) is 3.02. The number of oxazole rings is 1. The molecule has 1 aromatic carbocycles. The van der Waals surface area contributed by atoms with Crippen molar-refractivity contribution in [2.45, 2.75) is 31.2 Å². The van der Waals surface area contributed by atoms with Gasteiger partial charge in [-0.3, -0.25) is 14.2 Å². The van der Waals surface area contributed by atoms with Crippen molar-refractivity contribution < 1.29 is 31.9 Å². The van der Waals surface area contributed by atoms with Gasteiger partial charge in [0.2, 0.25) is 10.0 Å². The van der Waals surface area contributed by atoms with Gasteiger partial charge in [0.15, 0.2) is 5.58 Å². The van der Waals surface area contributed by atoms with Crippen molar-refractivity contribution >= 4 is 33.1 Å². The van der Waals surface area contributed by atoms with Crippen LogP contribution < -0.4 is 5.76 Å². The summed E-state index contributed by atoms with van der Waals surface area (Å²) in [6.07, 6.45) is 1.10. The summed E-state index contributed by atoms with van der Waals surface area (Å²) in [6.45, 7) is 1.91. The number of carbonyl (C=O) groups excluding carboxylic acids is 2. The molecule has 1 atom stereocenters. The molecule has 0 aliphatic carbocycles. The largest absolute Gasteiger partial charge is 0.468 e. The normalized spacial score (nSPS) is 17.9. The highest BCUT2D eigenvalue weighted by Crippen LogP contribution is 2.26. The minimum Gasteiger partial charge on any atom is -0.468 e. The number of esters is 2. The van der Waals surface area contributed by atoms with Crippen molar-refractivity contribution in [3.63, 3.8) is 0 Å². The van der Waals surface area contributed by atoms with E-state index in [0.717, 1.165) is 4.57 Å². The molecule has 1 saturated heterocycles. The van der Waals surface area contributed by atoms with Gasteiger partial charge in [0.25, 0.3) is 0 Å². The smallest absolute Gasteiger partial charge is 0.420 e. The van der Waals surface area contributed by atoms with E-state index in [1.807, 2.05) is 0 Å². The van der Waals surface area contributed by atoms with Crippen molar-refractivity contribution in [1.29, 1.82) is 0 Å². The molecule has 3 rings (SSSR count). The van der Waals surface area contributed by atoms with E-state index in [1.165, 1.54) is 29.6 Å². The van der Waals surface area contributed by atoms with Gasteiger partial charge in [-0.2, -0.15) is 4.31 Å². The minimum atomic E-state index is -3.90. The van der Waals surface area contributed by atoms with Gasteiger partial charge in [-0.15, -0.1) is 0 Å². The monoisotopic (exact) mass is 426 g/mol. The molecule has 0 spiro atoms. The predicted octanol–water partition coefficient (Wildman–Crippen LogP) is 0.731. The molecule has 29 heavy (non-hydrogen) atoms. The topological polar surface area (TPSA) is 125 Å². The highest BCUT2D eigenvalue weighted by atomic mass is 32.2. The number of sulfonamides is 1. The zero-order valence-electron chi connectivity index (χ0n) is 16.1. The van der Waals surface area contributed by atoms with Crippen LogP contribution in [0.4, 0.5) is 0 Å². The molecule has 1 aliphatic heterocycles. The maximum Gasteiger partial charge on any atom is 0.420 e. The second-order valence-corrected chi connectivity index (χ2v) is 8.55. The summed E-state index contributed by atoms with van der Waals surface area (Å²) in [5, 5.41) is 0. The van der Waals surface area contributed by atoms with Crippen LogP contribution in [0.3, 0.4) is 0 Å². The molecule has 1 unspecified atom stereocenters. The van der Waals surface area contributed by atoms with Gasteiger partial charge < -0.3 is 13.9 Å². The Bertz CT molecular complexity index is 1080. The lowest BCUT2D eigenvalue weighted by Gasteiger charge is -2.30. The molecule has 0 amide bonds. The van der Waals surface area contributed by atoms with E-state index in [4.69, 9.17) is 9.15 Å². The number of fused-ring (bicyclic) bond motifs is 1. The van der Waals surface area contributed by atoms with E-state index >= 15 is 0 Å². The number of nitrogens with zero attached hydrogens (tertiary/aromatic N) is 2. The van der Waals surface area contributed by atoms with Crippen molar-refractivity contribution in [3.8, 4) is 0 Å². The Kier molecular flexibility index (Phi) is 6.08. The van der Waals surface area contributed by atoms with Gasteiger partial charge in [-0.05, 0) is 31.9 Å². The number of methoxy groups -OCH3 is 1. The second kappa shape index (κ2) is 8.37. The Hall–Kier alpha value is -2.66. The van der Waals surface area contributed by atoms with Gasteiger partial charge in [0.1, 0.15) is 6.54 Å². The summed E-state index contributed by atoms with van der Waals surface area (Å²) < 4.78 is 43.1. The van der Waals surface area contributed by atoms with E-state index in [-0.39, 0.29) is 42.2 Å². The predicted molar refractivity (Wildman–Crippen MR) is 101 cm³/mol. The lowest BCUT2D eigenvalue weighted by atomic mass is 10.0. The molecule has 2 heterocycles. The average molecular weight is 426 g/mol. The van der Waals surface area contributed by atoms with Gasteiger partial charge in [-0.25, -0.2) is 13.2 Å². The molecule has 1 aromatic heterocycles. The highest BCUT2D eigenvalue weighted by Gasteiger charge is 2.34. The molecule has 11 heteroatoms. The Morgan fingerprint density at radius 3 is 2.76 bits per heavy atom. The number of carbonyl (C=O) groups is 2. The quantitative estimate of drug-likeness (QED) is 0.619. The molecule has 1 aliphatic rings. The molecule has 0 bridgehead atoms. The number of hydrogen-bond acceptors (Lipinski definition) is 8. The van der Waals surface area contributed by atoms with E-state index in [9.17, 15) is 22.8 Å². The van der Waals surface area contributed by atoms with Crippen molar-refractivity contribution in [2.75, 3.05) is 26.8 Å². The summed E-state index contributed by atoms with van der Waals surface area (Å²) in [4.78, 5) is 35.4. The fourth-order valence-electron chi connectivity index (χ4n) is 3.31. The first-order valence-electron chi connectivity index (χ1n) is 9.15. The maximum absolute atomic E-state index is 13.0. The molecule has 10 nitrogen and oxygen atoms in total. The summed E-state index contributed by atoms with van der Waals surface area (Å²) in [6, 6.07) is 3.99. The van der Waals surface area contributed by atoms with Crippen LogP contribution in [0, 0.1) is 5.92 Å². The van der Waals surface area contributed by atoms with Gasteiger partial charge >= 0.3 is 17.7 Å². The van der Waals surface area contributed by atoms with E-state index in [2.05, 4.69) is 4.74 Å². The first-order valence-corrected chi connectivity index (χ1v) is 10.6. The SMILES string of the molecule is CCOC(=O)C1CCCN(S(=O)(=O)c2ccc3c(c2)oc(=O)n3CC(=O)OC)C1. The second-order valence-electron chi connectivity index (χ2n) is 6.61. The maximum atomic E-state index is 13.0. The summed E-state index contributed by atoms with van der Waals surface area (Å²) in [7, 11) is -2.71. The number of rotatable bonds is 6. The Morgan fingerprint density at radius 2 is 2.07 bits per heavy atom. The molecule has 0 N–H and O–H groups in total. The molecule has 0 saturated carbocycles. The summed E-state index contributed by atoms with van der Waals surface area (Å²) >= 11 is 0. The molecular weight excluding hydrogens is 404 g/mol. The number of ether oxygens (including phenoxy) is 2. The number of hydrogen-bond donors (Lipinski definition) is 0. The zero-order valence-corrected chi connectivity index (χ0v) is 16.9. The van der Waals surface area contributed by atoms with Gasteiger partial charge in [0.05, 0.1) is 30.0 Å². The number of piperidine rings is 1. The molecule has 158 valence electrons. The van der Waals surface area contributed by atoms with Crippen LogP contribution in [0.25, 0.3) is 11.1 Å². The standard InChI is InChI=1S/C18H22N2O8S/c1-3-27-17(22)12-5-4-8-19(10-12)29(24,25)13-6-7-14-15(9-13)28-18(23)20(14)11-16(21)26-2/h6-7,9,12H,3-5,8,10-11H2,1-2H3.